The number of hydrogen-bond acceptors (Lipinski definition) is 5. The van der Waals surface area contributed by atoms with Crippen LogP contribution in [0.4, 0.5) is 0 Å². The van der Waals surface area contributed by atoms with E-state index >= 15 is 0 Å². The number of rotatable bonds is 5. The number of para-hydroxylation sites is 1. The average molecular weight is 565 g/mol. The minimum Gasteiger partial charge on any atom is -0.493 e. The normalized spacial score (nSPS) is 20.0. The highest BCUT2D eigenvalue weighted by Gasteiger charge is 2.33. The van der Waals surface area contributed by atoms with Gasteiger partial charge in [-0.2, -0.15) is 0 Å². The summed E-state index contributed by atoms with van der Waals surface area (Å²) in [6.45, 7) is 5.35. The van der Waals surface area contributed by atoms with Crippen LogP contribution >= 0.6 is 0 Å². The Kier molecular flexibility index (Phi) is 12.2. The molecule has 1 aliphatic rings. The second-order valence-electron chi connectivity index (χ2n) is 11.1. The van der Waals surface area contributed by atoms with E-state index in [1.54, 1.807) is 43.3 Å². The van der Waals surface area contributed by atoms with E-state index in [1.165, 1.54) is 4.90 Å². The van der Waals surface area contributed by atoms with E-state index in [2.05, 4.69) is 10.6 Å². The van der Waals surface area contributed by atoms with E-state index in [0.717, 1.165) is 31.2 Å². The molecule has 0 fully saturated rings. The van der Waals surface area contributed by atoms with E-state index in [9.17, 15) is 19.2 Å². The molecule has 1 aliphatic heterocycles. The third kappa shape index (κ3) is 9.62. The molecule has 4 amide bonds. The molecule has 9 heteroatoms. The molecule has 2 atom stereocenters. The van der Waals surface area contributed by atoms with Crippen molar-refractivity contribution in [3.8, 4) is 5.75 Å². The van der Waals surface area contributed by atoms with E-state index < -0.39 is 29.8 Å². The number of nitrogens with one attached hydrogen (secondary N) is 2. The van der Waals surface area contributed by atoms with Gasteiger partial charge in [0.05, 0.1) is 18.6 Å². The van der Waals surface area contributed by atoms with E-state index in [4.69, 9.17) is 4.74 Å². The minimum absolute atomic E-state index is 0.159. The predicted molar refractivity (Wildman–Crippen MR) is 158 cm³/mol. The molecule has 0 saturated heterocycles. The molecule has 222 valence electrons. The van der Waals surface area contributed by atoms with Crippen LogP contribution in [-0.2, 0) is 20.8 Å². The Morgan fingerprint density at radius 1 is 0.976 bits per heavy atom. The average Bonchev–Trinajstić information content (AvgIpc) is 2.97. The SMILES string of the molecule is CC(C)CNC(=O)[C@@H]1CC(=O)N(C)[C@@H](Cc2ccccc2)C(=O)N(C)CCCCCCOc2ccccc2C(=O)N1. The number of nitrogens with zero attached hydrogens (tertiary/aromatic N) is 2. The van der Waals surface area contributed by atoms with Crippen LogP contribution in [0.1, 0.15) is 61.9 Å². The highest BCUT2D eigenvalue weighted by Crippen LogP contribution is 2.20. The van der Waals surface area contributed by atoms with Crippen molar-refractivity contribution in [2.24, 2.45) is 5.92 Å². The molecular weight excluding hydrogens is 520 g/mol. The first kappa shape index (κ1) is 31.6. The summed E-state index contributed by atoms with van der Waals surface area (Å²) in [5, 5.41) is 5.60. The maximum absolute atomic E-state index is 13.7. The van der Waals surface area contributed by atoms with Crippen LogP contribution in [-0.4, -0.2) is 79.3 Å². The van der Waals surface area contributed by atoms with Crippen LogP contribution in [0.15, 0.2) is 54.6 Å². The lowest BCUT2D eigenvalue weighted by atomic mass is 10.0. The minimum atomic E-state index is -1.13. The number of likely N-dealkylation sites (N-methyl/N-ethyl adjacent to an activating group) is 2. The van der Waals surface area contributed by atoms with Crippen LogP contribution in [0.5, 0.6) is 5.75 Å². The van der Waals surface area contributed by atoms with Gasteiger partial charge in [0.2, 0.25) is 17.7 Å². The summed E-state index contributed by atoms with van der Waals surface area (Å²) in [6, 6.07) is 14.6. The van der Waals surface area contributed by atoms with Crippen LogP contribution in [0.25, 0.3) is 0 Å². The lowest BCUT2D eigenvalue weighted by Crippen LogP contribution is -2.53. The third-order valence-electron chi connectivity index (χ3n) is 7.26. The molecule has 41 heavy (non-hydrogen) atoms. The number of hydrogen-bond donors (Lipinski definition) is 2. The van der Waals surface area contributed by atoms with Gasteiger partial charge in [0.1, 0.15) is 17.8 Å². The monoisotopic (exact) mass is 564 g/mol. The Labute approximate surface area is 243 Å². The summed E-state index contributed by atoms with van der Waals surface area (Å²) >= 11 is 0. The molecule has 0 aromatic heterocycles. The zero-order valence-electron chi connectivity index (χ0n) is 24.7. The van der Waals surface area contributed by atoms with Crippen molar-refractivity contribution in [1.82, 2.24) is 20.4 Å². The maximum atomic E-state index is 13.7. The fourth-order valence-electron chi connectivity index (χ4n) is 4.72. The Morgan fingerprint density at radius 2 is 1.66 bits per heavy atom. The van der Waals surface area contributed by atoms with Gasteiger partial charge in [0.25, 0.3) is 5.91 Å². The number of amides is 4. The molecular formula is C32H44N4O5. The van der Waals surface area contributed by atoms with Crippen molar-refractivity contribution < 1.29 is 23.9 Å². The summed E-state index contributed by atoms with van der Waals surface area (Å²) < 4.78 is 5.92. The smallest absolute Gasteiger partial charge is 0.255 e. The van der Waals surface area contributed by atoms with Crippen molar-refractivity contribution >= 4 is 23.6 Å². The topological polar surface area (TPSA) is 108 Å². The van der Waals surface area contributed by atoms with Crippen molar-refractivity contribution in [1.29, 1.82) is 0 Å². The van der Waals surface area contributed by atoms with Gasteiger partial charge < -0.3 is 25.2 Å². The van der Waals surface area contributed by atoms with Gasteiger partial charge in [-0.05, 0) is 36.5 Å². The van der Waals surface area contributed by atoms with Crippen molar-refractivity contribution in [2.45, 2.75) is 64.5 Å². The van der Waals surface area contributed by atoms with Crippen molar-refractivity contribution in [2.75, 3.05) is 33.8 Å². The van der Waals surface area contributed by atoms with Crippen LogP contribution in [0.3, 0.4) is 0 Å². The largest absolute Gasteiger partial charge is 0.493 e. The van der Waals surface area contributed by atoms with E-state index in [-0.39, 0.29) is 18.2 Å². The van der Waals surface area contributed by atoms with E-state index in [0.29, 0.717) is 37.4 Å². The number of carbonyl (C=O) groups is 4. The predicted octanol–water partition coefficient (Wildman–Crippen LogP) is 3.43. The number of carbonyl (C=O) groups excluding carboxylic acids is 4. The number of ether oxygens (including phenoxy) is 1. The van der Waals surface area contributed by atoms with Crippen LogP contribution < -0.4 is 15.4 Å². The number of benzene rings is 2. The van der Waals surface area contributed by atoms with Gasteiger partial charge in [-0.3, -0.25) is 19.2 Å². The molecule has 0 spiro atoms. The first-order valence-corrected chi connectivity index (χ1v) is 14.5. The Morgan fingerprint density at radius 3 is 2.39 bits per heavy atom. The van der Waals surface area contributed by atoms with Gasteiger partial charge in [-0.25, -0.2) is 0 Å². The van der Waals surface area contributed by atoms with Crippen molar-refractivity contribution in [3.05, 3.63) is 65.7 Å². The fraction of sp³-hybridized carbons (Fsp3) is 0.500. The van der Waals surface area contributed by atoms with Gasteiger partial charge >= 0.3 is 0 Å². The second kappa shape index (κ2) is 15.8. The Hall–Kier alpha value is -3.88. The zero-order chi connectivity index (χ0) is 29.8. The second-order valence-corrected chi connectivity index (χ2v) is 11.1. The summed E-state index contributed by atoms with van der Waals surface area (Å²) in [5.41, 5.74) is 1.23. The standard InChI is InChI=1S/C32H44N4O5/c1-23(2)22-33-31(39)26-21-29(37)36(4)27(20-24-14-8-7-9-15-24)32(40)35(3)18-12-5-6-13-19-41-28-17-11-10-16-25(28)30(38)34-26/h7-11,14-17,23,26-27H,5-6,12-13,18-22H2,1-4H3,(H,33,39)(H,34,38)/t26-,27-/m0/s1. The Bertz CT molecular complexity index is 1170. The van der Waals surface area contributed by atoms with Gasteiger partial charge in [0.15, 0.2) is 0 Å². The third-order valence-corrected chi connectivity index (χ3v) is 7.26. The molecule has 0 saturated carbocycles. The molecule has 9 nitrogen and oxygen atoms in total. The molecule has 2 aromatic rings. The molecule has 0 aliphatic carbocycles. The zero-order valence-corrected chi connectivity index (χ0v) is 24.7. The summed E-state index contributed by atoms with van der Waals surface area (Å²) in [7, 11) is 3.35. The first-order valence-electron chi connectivity index (χ1n) is 14.5. The van der Waals surface area contributed by atoms with Gasteiger partial charge in [-0.15, -0.1) is 0 Å². The lowest BCUT2D eigenvalue weighted by molar-refractivity contribution is -0.144. The molecule has 3 rings (SSSR count). The molecule has 0 bridgehead atoms. The molecule has 2 N–H and O–H groups in total. The summed E-state index contributed by atoms with van der Waals surface area (Å²) in [6.07, 6.45) is 3.52. The molecule has 0 unspecified atom stereocenters. The van der Waals surface area contributed by atoms with Gasteiger partial charge in [-0.1, -0.05) is 69.2 Å². The maximum Gasteiger partial charge on any atom is 0.255 e. The summed E-state index contributed by atoms with van der Waals surface area (Å²) in [5.74, 6) is -0.909. The van der Waals surface area contributed by atoms with Gasteiger partial charge in [0, 0.05) is 33.6 Å². The molecule has 1 heterocycles. The van der Waals surface area contributed by atoms with E-state index in [1.807, 2.05) is 44.2 Å². The highest BCUT2D eigenvalue weighted by molar-refractivity contribution is 6.01. The summed E-state index contributed by atoms with van der Waals surface area (Å²) in [4.78, 5) is 57.0. The lowest BCUT2D eigenvalue weighted by Gasteiger charge is -2.32. The van der Waals surface area contributed by atoms with Crippen molar-refractivity contribution in [3.63, 3.8) is 0 Å². The van der Waals surface area contributed by atoms with Crippen LogP contribution in [0, 0.1) is 5.92 Å². The fourth-order valence-corrected chi connectivity index (χ4v) is 4.72. The first-order chi connectivity index (χ1) is 19.7. The molecule has 2 aromatic carbocycles. The Balaban J connectivity index is 1.93. The molecule has 0 radical (unpaired) electrons. The number of fused-ring (bicyclic) bond motifs is 1. The van der Waals surface area contributed by atoms with Crippen LogP contribution in [0.2, 0.25) is 0 Å². The highest BCUT2D eigenvalue weighted by atomic mass is 16.5. The quantitative estimate of drug-likeness (QED) is 0.579.